The van der Waals surface area contributed by atoms with Gasteiger partial charge in [-0.25, -0.2) is 0 Å². The molecular weight excluding hydrogens is 196 g/mol. The minimum absolute atomic E-state index is 0.734. The van der Waals surface area contributed by atoms with E-state index in [1.807, 2.05) is 0 Å². The highest BCUT2D eigenvalue weighted by Gasteiger charge is 2.17. The summed E-state index contributed by atoms with van der Waals surface area (Å²) in [5.74, 6) is 0. The van der Waals surface area contributed by atoms with Gasteiger partial charge in [0.1, 0.15) is 0 Å². The molecule has 2 heteroatoms. The zero-order chi connectivity index (χ0) is 11.2. The normalized spacial score (nSPS) is 22.2. The maximum Gasteiger partial charge on any atom is 0.0217 e. The summed E-state index contributed by atoms with van der Waals surface area (Å²) in [5.41, 5.74) is 1.38. The first-order chi connectivity index (χ1) is 7.86. The van der Waals surface area contributed by atoms with Gasteiger partial charge in [0, 0.05) is 19.1 Å². The third kappa shape index (κ3) is 3.32. The van der Waals surface area contributed by atoms with Gasteiger partial charge >= 0.3 is 0 Å². The lowest BCUT2D eigenvalue weighted by Gasteiger charge is -2.32. The average molecular weight is 218 g/mol. The second-order valence-electron chi connectivity index (χ2n) is 4.75. The predicted molar refractivity (Wildman–Crippen MR) is 68.4 cm³/mol. The van der Waals surface area contributed by atoms with Gasteiger partial charge in [-0.05, 0) is 32.0 Å². The molecule has 1 aliphatic heterocycles. The lowest BCUT2D eigenvalue weighted by Crippen LogP contribution is -2.42. The van der Waals surface area contributed by atoms with Crippen LogP contribution in [0.15, 0.2) is 30.3 Å². The number of piperidine rings is 1. The monoisotopic (exact) mass is 218 g/mol. The van der Waals surface area contributed by atoms with Crippen LogP contribution in [0.25, 0.3) is 0 Å². The van der Waals surface area contributed by atoms with Crippen molar-refractivity contribution in [1.29, 1.82) is 0 Å². The van der Waals surface area contributed by atoms with E-state index in [0.717, 1.165) is 19.1 Å². The molecule has 2 rings (SSSR count). The van der Waals surface area contributed by atoms with Crippen LogP contribution in [0.2, 0.25) is 0 Å². The number of hydrogen-bond acceptors (Lipinski definition) is 2. The minimum Gasteiger partial charge on any atom is -0.311 e. The molecule has 0 aromatic heterocycles. The fraction of sp³-hybridized carbons (Fsp3) is 0.571. The van der Waals surface area contributed by atoms with Crippen LogP contribution in [0, 0.1) is 0 Å². The van der Waals surface area contributed by atoms with Crippen LogP contribution in [0.3, 0.4) is 0 Å². The number of benzene rings is 1. The van der Waals surface area contributed by atoms with Crippen molar-refractivity contribution in [3.05, 3.63) is 35.9 Å². The van der Waals surface area contributed by atoms with E-state index in [1.165, 1.54) is 31.4 Å². The van der Waals surface area contributed by atoms with E-state index in [-0.39, 0.29) is 0 Å². The first kappa shape index (κ1) is 11.6. The molecule has 0 saturated carbocycles. The minimum atomic E-state index is 0.734. The molecule has 2 nitrogen and oxygen atoms in total. The number of nitrogens with zero attached hydrogens (tertiary/aromatic N) is 1. The molecule has 16 heavy (non-hydrogen) atoms. The van der Waals surface area contributed by atoms with Crippen LogP contribution in [-0.2, 0) is 6.54 Å². The van der Waals surface area contributed by atoms with E-state index in [2.05, 4.69) is 47.6 Å². The molecule has 1 aromatic carbocycles. The van der Waals surface area contributed by atoms with Crippen molar-refractivity contribution in [3.8, 4) is 0 Å². The second kappa shape index (κ2) is 6.02. The van der Waals surface area contributed by atoms with E-state index >= 15 is 0 Å². The van der Waals surface area contributed by atoms with Crippen LogP contribution in [0.4, 0.5) is 0 Å². The van der Waals surface area contributed by atoms with E-state index in [1.54, 1.807) is 0 Å². The Morgan fingerprint density at radius 3 is 2.81 bits per heavy atom. The Hall–Kier alpha value is -0.860. The lowest BCUT2D eigenvalue weighted by atomic mass is 10.0. The van der Waals surface area contributed by atoms with Crippen LogP contribution >= 0.6 is 0 Å². The van der Waals surface area contributed by atoms with Gasteiger partial charge in [-0.2, -0.15) is 0 Å². The molecule has 1 atom stereocenters. The van der Waals surface area contributed by atoms with Gasteiger partial charge in [-0.15, -0.1) is 0 Å². The molecule has 0 radical (unpaired) electrons. The highest BCUT2D eigenvalue weighted by molar-refractivity contribution is 5.14. The fourth-order valence-corrected chi connectivity index (χ4v) is 2.38. The van der Waals surface area contributed by atoms with Crippen molar-refractivity contribution >= 4 is 0 Å². The Morgan fingerprint density at radius 1 is 1.25 bits per heavy atom. The first-order valence-corrected chi connectivity index (χ1v) is 6.31. The van der Waals surface area contributed by atoms with Gasteiger partial charge < -0.3 is 10.2 Å². The fourth-order valence-electron chi connectivity index (χ4n) is 2.38. The molecule has 88 valence electrons. The second-order valence-corrected chi connectivity index (χ2v) is 4.75. The van der Waals surface area contributed by atoms with Crippen molar-refractivity contribution in [1.82, 2.24) is 10.2 Å². The smallest absolute Gasteiger partial charge is 0.0217 e. The molecule has 1 saturated heterocycles. The molecule has 1 aliphatic rings. The van der Waals surface area contributed by atoms with Crippen LogP contribution in [0.5, 0.6) is 0 Å². The summed E-state index contributed by atoms with van der Waals surface area (Å²) in [6.45, 7) is 3.37. The summed E-state index contributed by atoms with van der Waals surface area (Å²) in [4.78, 5) is 2.49. The van der Waals surface area contributed by atoms with Gasteiger partial charge in [-0.3, -0.25) is 0 Å². The summed E-state index contributed by atoms with van der Waals surface area (Å²) in [7, 11) is 2.24. The van der Waals surface area contributed by atoms with Crippen molar-refractivity contribution in [3.63, 3.8) is 0 Å². The maximum absolute atomic E-state index is 3.56. The quantitative estimate of drug-likeness (QED) is 0.834. The van der Waals surface area contributed by atoms with Gasteiger partial charge in [0.2, 0.25) is 0 Å². The number of hydrogen-bond donors (Lipinski definition) is 1. The number of likely N-dealkylation sites (tertiary alicyclic amines) is 1. The lowest BCUT2D eigenvalue weighted by molar-refractivity contribution is 0.181. The zero-order valence-electron chi connectivity index (χ0n) is 10.2. The molecule has 1 aromatic rings. The third-order valence-corrected chi connectivity index (χ3v) is 3.47. The molecular formula is C14H22N2. The van der Waals surface area contributed by atoms with Crippen LogP contribution < -0.4 is 5.32 Å². The Balaban J connectivity index is 1.71. The molecule has 1 fully saturated rings. The molecule has 1 heterocycles. The van der Waals surface area contributed by atoms with E-state index in [0.29, 0.717) is 0 Å². The van der Waals surface area contributed by atoms with E-state index in [9.17, 15) is 0 Å². The number of likely N-dealkylation sites (N-methyl/N-ethyl adjacent to an activating group) is 1. The number of rotatable bonds is 4. The largest absolute Gasteiger partial charge is 0.311 e. The third-order valence-electron chi connectivity index (χ3n) is 3.47. The van der Waals surface area contributed by atoms with Crippen molar-refractivity contribution in [2.45, 2.75) is 31.8 Å². The standard InChI is InChI=1S/C14H22N2/c1-16-10-6-5-9-14(16)12-15-11-13-7-3-2-4-8-13/h2-4,7-8,14-15H,5-6,9-12H2,1H3. The summed E-state index contributed by atoms with van der Waals surface area (Å²) in [5, 5.41) is 3.56. The van der Waals surface area contributed by atoms with Crippen LogP contribution in [0.1, 0.15) is 24.8 Å². The van der Waals surface area contributed by atoms with Gasteiger partial charge in [0.25, 0.3) is 0 Å². The van der Waals surface area contributed by atoms with E-state index in [4.69, 9.17) is 0 Å². The molecule has 0 bridgehead atoms. The Bertz CT molecular complexity index is 297. The Kier molecular flexibility index (Phi) is 4.37. The summed E-state index contributed by atoms with van der Waals surface area (Å²) in [6.07, 6.45) is 4.10. The van der Waals surface area contributed by atoms with E-state index < -0.39 is 0 Å². The van der Waals surface area contributed by atoms with Gasteiger partial charge in [0.15, 0.2) is 0 Å². The topological polar surface area (TPSA) is 15.3 Å². The zero-order valence-corrected chi connectivity index (χ0v) is 10.2. The summed E-state index contributed by atoms with van der Waals surface area (Å²) >= 11 is 0. The SMILES string of the molecule is CN1CCCCC1CNCc1ccccc1. The molecule has 0 spiro atoms. The van der Waals surface area contributed by atoms with Gasteiger partial charge in [0.05, 0.1) is 0 Å². The average Bonchev–Trinajstić information content (AvgIpc) is 2.33. The Morgan fingerprint density at radius 2 is 2.06 bits per heavy atom. The summed E-state index contributed by atoms with van der Waals surface area (Å²) < 4.78 is 0. The van der Waals surface area contributed by atoms with Crippen molar-refractivity contribution in [2.24, 2.45) is 0 Å². The number of nitrogens with one attached hydrogen (secondary N) is 1. The highest BCUT2D eigenvalue weighted by atomic mass is 15.2. The highest BCUT2D eigenvalue weighted by Crippen LogP contribution is 2.14. The molecule has 0 amide bonds. The van der Waals surface area contributed by atoms with Gasteiger partial charge in [-0.1, -0.05) is 36.8 Å². The molecule has 0 aliphatic carbocycles. The first-order valence-electron chi connectivity index (χ1n) is 6.31. The van der Waals surface area contributed by atoms with Crippen molar-refractivity contribution in [2.75, 3.05) is 20.1 Å². The Labute approximate surface area is 98.7 Å². The summed E-state index contributed by atoms with van der Waals surface area (Å²) in [6, 6.07) is 11.4. The van der Waals surface area contributed by atoms with Crippen molar-refractivity contribution < 1.29 is 0 Å². The molecule has 1 unspecified atom stereocenters. The van der Waals surface area contributed by atoms with Crippen LogP contribution in [-0.4, -0.2) is 31.1 Å². The maximum atomic E-state index is 3.56. The molecule has 1 N–H and O–H groups in total. The predicted octanol–water partition coefficient (Wildman–Crippen LogP) is 2.26.